The summed E-state index contributed by atoms with van der Waals surface area (Å²) in [6.45, 7) is 1.76. The number of carbonyl (C=O) groups excluding carboxylic acids is 2. The maximum Gasteiger partial charge on any atom is 0.338 e. The van der Waals surface area contributed by atoms with E-state index in [-0.39, 0.29) is 43.4 Å². The van der Waals surface area contributed by atoms with Crippen molar-refractivity contribution in [3.8, 4) is 11.4 Å². The molecule has 0 radical (unpaired) electrons. The smallest absolute Gasteiger partial charge is 0.338 e. The van der Waals surface area contributed by atoms with Crippen LogP contribution in [0.25, 0.3) is 11.4 Å². The molecule has 0 saturated heterocycles. The van der Waals surface area contributed by atoms with Gasteiger partial charge in [0.1, 0.15) is 11.5 Å². The van der Waals surface area contributed by atoms with Gasteiger partial charge in [0.25, 0.3) is 11.8 Å². The highest BCUT2D eigenvalue weighted by Crippen LogP contribution is 2.15. The van der Waals surface area contributed by atoms with E-state index in [9.17, 15) is 18.8 Å². The molecule has 0 unspecified atom stereocenters. The molecule has 3 rings (SSSR count). The van der Waals surface area contributed by atoms with E-state index in [0.717, 1.165) is 5.56 Å². The third kappa shape index (κ3) is 6.39. The van der Waals surface area contributed by atoms with Crippen LogP contribution in [0.1, 0.15) is 28.2 Å². The van der Waals surface area contributed by atoms with Crippen molar-refractivity contribution in [1.29, 1.82) is 0 Å². The molecule has 32 heavy (non-hydrogen) atoms. The number of carbonyl (C=O) groups is 3. The Labute approximate surface area is 181 Å². The van der Waals surface area contributed by atoms with Gasteiger partial charge in [-0.25, -0.2) is 9.37 Å². The quantitative estimate of drug-likeness (QED) is 0.343. The number of pyridine rings is 1. The van der Waals surface area contributed by atoms with E-state index < -0.39 is 17.8 Å². The van der Waals surface area contributed by atoms with E-state index in [0.29, 0.717) is 11.3 Å². The minimum absolute atomic E-state index is 0.00959. The van der Waals surface area contributed by atoms with Crippen molar-refractivity contribution < 1.29 is 28.7 Å². The highest BCUT2D eigenvalue weighted by Gasteiger charge is 2.19. The standard InChI is InChI=1S/C20H20FN7O4/c1-12-8-14(19-25-27-28(26-19)11-17(29)22-7-6-18(30)31)9-16(24-12)20(32)23-10-13-2-4-15(21)5-3-13/h2-5,8-9H,6-7,10-11H2,1H3,(H3,22,23,29,30,31,32)/p+1. The molecular formula is C20H21FN7O4+. The van der Waals surface area contributed by atoms with E-state index in [1.807, 2.05) is 0 Å². The van der Waals surface area contributed by atoms with Crippen LogP contribution in [-0.2, 0) is 22.7 Å². The average molecular weight is 442 g/mol. The molecule has 0 saturated carbocycles. The Kier molecular flexibility index (Phi) is 7.16. The number of benzene rings is 1. The van der Waals surface area contributed by atoms with Gasteiger partial charge >= 0.3 is 11.8 Å². The number of nitrogens with zero attached hydrogens (tertiary/aromatic N) is 4. The number of aromatic amines is 1. The minimum Gasteiger partial charge on any atom is -0.481 e. The molecule has 3 aromatic rings. The molecule has 0 atom stereocenters. The molecule has 0 fully saturated rings. The maximum atomic E-state index is 13.0. The highest BCUT2D eigenvalue weighted by molar-refractivity contribution is 5.93. The fourth-order valence-corrected chi connectivity index (χ4v) is 2.75. The summed E-state index contributed by atoms with van der Waals surface area (Å²) in [5.41, 5.74) is 1.98. The van der Waals surface area contributed by atoms with E-state index >= 15 is 0 Å². The average Bonchev–Trinajstić information content (AvgIpc) is 3.21. The topological polar surface area (TPSA) is 154 Å². The molecule has 2 amide bonds. The number of amides is 2. The van der Waals surface area contributed by atoms with Crippen LogP contribution in [-0.4, -0.2) is 49.8 Å². The Morgan fingerprint density at radius 1 is 1.16 bits per heavy atom. The van der Waals surface area contributed by atoms with Gasteiger partial charge in [-0.1, -0.05) is 16.9 Å². The Bertz CT molecular complexity index is 1130. The van der Waals surface area contributed by atoms with Crippen molar-refractivity contribution in [1.82, 2.24) is 31.0 Å². The summed E-state index contributed by atoms with van der Waals surface area (Å²) < 4.78 is 13.0. The van der Waals surface area contributed by atoms with Gasteiger partial charge in [-0.3, -0.25) is 14.4 Å². The van der Waals surface area contributed by atoms with Crippen LogP contribution in [0.15, 0.2) is 36.4 Å². The van der Waals surface area contributed by atoms with Crippen molar-refractivity contribution >= 4 is 17.8 Å². The molecule has 11 nitrogen and oxygen atoms in total. The van der Waals surface area contributed by atoms with Gasteiger partial charge in [0.05, 0.1) is 17.1 Å². The number of carboxylic acid groups (broad SMARTS) is 1. The van der Waals surface area contributed by atoms with Crippen molar-refractivity contribution in [3.05, 3.63) is 59.2 Å². The Morgan fingerprint density at radius 3 is 2.62 bits per heavy atom. The monoisotopic (exact) mass is 442 g/mol. The lowest BCUT2D eigenvalue weighted by atomic mass is 10.1. The molecule has 0 spiro atoms. The van der Waals surface area contributed by atoms with Gasteiger partial charge in [-0.2, -0.15) is 0 Å². The van der Waals surface area contributed by atoms with Crippen LogP contribution in [0.3, 0.4) is 0 Å². The number of rotatable bonds is 9. The summed E-state index contributed by atoms with van der Waals surface area (Å²) in [4.78, 5) is 40.3. The number of aromatic nitrogens is 5. The first-order valence-electron chi connectivity index (χ1n) is 9.63. The van der Waals surface area contributed by atoms with Gasteiger partial charge in [0, 0.05) is 18.8 Å². The molecule has 0 aliphatic rings. The second kappa shape index (κ2) is 10.2. The largest absolute Gasteiger partial charge is 0.481 e. The number of carboxylic acids is 1. The summed E-state index contributed by atoms with van der Waals surface area (Å²) in [5, 5.41) is 24.6. The second-order valence-corrected chi connectivity index (χ2v) is 6.88. The molecule has 166 valence electrons. The maximum absolute atomic E-state index is 13.0. The number of aryl methyl sites for hydroxylation is 1. The summed E-state index contributed by atoms with van der Waals surface area (Å²) >= 11 is 0. The number of tetrazole rings is 1. The first kappa shape index (κ1) is 22.5. The van der Waals surface area contributed by atoms with Crippen LogP contribution >= 0.6 is 0 Å². The summed E-state index contributed by atoms with van der Waals surface area (Å²) in [6.07, 6.45) is -0.180. The lowest BCUT2D eigenvalue weighted by molar-refractivity contribution is -0.794. The number of H-pyrrole nitrogens is 1. The van der Waals surface area contributed by atoms with Gasteiger partial charge in [-0.05, 0) is 47.1 Å². The molecule has 2 aromatic heterocycles. The Hall–Kier alpha value is -4.22. The first-order chi connectivity index (χ1) is 15.3. The lowest BCUT2D eigenvalue weighted by Gasteiger charge is -2.06. The first-order valence-corrected chi connectivity index (χ1v) is 9.63. The summed E-state index contributed by atoms with van der Waals surface area (Å²) in [5.74, 6) is -1.95. The zero-order valence-electron chi connectivity index (χ0n) is 17.1. The normalized spacial score (nSPS) is 10.6. The molecule has 2 heterocycles. The Balaban J connectivity index is 1.65. The van der Waals surface area contributed by atoms with Crippen molar-refractivity contribution in [3.63, 3.8) is 0 Å². The fourth-order valence-electron chi connectivity index (χ4n) is 2.75. The number of hydrogen-bond acceptors (Lipinski definition) is 6. The summed E-state index contributed by atoms with van der Waals surface area (Å²) in [6, 6.07) is 9.00. The van der Waals surface area contributed by atoms with Crippen molar-refractivity contribution in [2.75, 3.05) is 6.54 Å². The van der Waals surface area contributed by atoms with Crippen molar-refractivity contribution in [2.24, 2.45) is 0 Å². The van der Waals surface area contributed by atoms with Gasteiger partial charge in [0.15, 0.2) is 0 Å². The molecule has 4 N–H and O–H groups in total. The number of halogens is 1. The van der Waals surface area contributed by atoms with E-state index in [1.165, 1.54) is 23.0 Å². The van der Waals surface area contributed by atoms with Gasteiger partial charge in [-0.15, -0.1) is 0 Å². The predicted molar refractivity (Wildman–Crippen MR) is 107 cm³/mol. The molecule has 0 aliphatic carbocycles. The predicted octanol–water partition coefficient (Wildman–Crippen LogP) is 0.123. The molecule has 1 aromatic carbocycles. The second-order valence-electron chi connectivity index (χ2n) is 6.88. The molecule has 0 aliphatic heterocycles. The third-order valence-electron chi connectivity index (χ3n) is 4.25. The highest BCUT2D eigenvalue weighted by atomic mass is 19.1. The molecule has 0 bridgehead atoms. The van der Waals surface area contributed by atoms with Crippen LogP contribution in [0, 0.1) is 12.7 Å². The van der Waals surface area contributed by atoms with E-state index in [2.05, 4.69) is 31.0 Å². The van der Waals surface area contributed by atoms with Crippen molar-refractivity contribution in [2.45, 2.75) is 26.4 Å². The zero-order chi connectivity index (χ0) is 23.1. The van der Waals surface area contributed by atoms with E-state index in [1.54, 1.807) is 25.1 Å². The van der Waals surface area contributed by atoms with E-state index in [4.69, 9.17) is 5.11 Å². The van der Waals surface area contributed by atoms with Crippen LogP contribution in [0.5, 0.6) is 0 Å². The van der Waals surface area contributed by atoms with Crippen LogP contribution in [0.2, 0.25) is 0 Å². The lowest BCUT2D eigenvalue weighted by Crippen LogP contribution is -2.47. The zero-order valence-corrected chi connectivity index (χ0v) is 17.1. The number of hydrogen-bond donors (Lipinski definition) is 4. The summed E-state index contributed by atoms with van der Waals surface area (Å²) in [7, 11) is 0. The minimum atomic E-state index is -1.01. The fraction of sp³-hybridized carbons (Fsp3) is 0.250. The van der Waals surface area contributed by atoms with Crippen LogP contribution < -0.4 is 15.4 Å². The number of aliphatic carboxylic acids is 1. The number of nitrogens with one attached hydrogen (secondary N) is 3. The molecular weight excluding hydrogens is 421 g/mol. The molecule has 12 heteroatoms. The third-order valence-corrected chi connectivity index (χ3v) is 4.25. The van der Waals surface area contributed by atoms with Gasteiger partial charge in [0.2, 0.25) is 6.54 Å². The van der Waals surface area contributed by atoms with Gasteiger partial charge < -0.3 is 15.7 Å². The van der Waals surface area contributed by atoms with Crippen LogP contribution in [0.4, 0.5) is 4.39 Å². The Morgan fingerprint density at radius 2 is 1.91 bits per heavy atom. The SMILES string of the molecule is Cc1cc(-c2n[nH][n+](CC(=O)NCCC(=O)O)n2)cc(C(=O)NCc2ccc(F)cc2)n1.